The third kappa shape index (κ3) is 8.57. The first-order chi connectivity index (χ1) is 32.2. The fraction of sp³-hybridized carbons (Fsp3) is 0.529. The third-order valence-electron chi connectivity index (χ3n) is 14.8. The summed E-state index contributed by atoms with van der Waals surface area (Å²) in [5.41, 5.74) is 5.74. The summed E-state index contributed by atoms with van der Waals surface area (Å²) in [5, 5.41) is 7.69. The molecule has 0 unspecified atom stereocenters. The summed E-state index contributed by atoms with van der Waals surface area (Å²) in [6, 6.07) is 13.5. The molecule has 4 N–H and O–H groups in total. The lowest BCUT2D eigenvalue weighted by Gasteiger charge is -2.43. The van der Waals surface area contributed by atoms with Gasteiger partial charge in [-0.15, -0.1) is 0 Å². The van der Waals surface area contributed by atoms with Crippen molar-refractivity contribution >= 4 is 45.8 Å². The van der Waals surface area contributed by atoms with E-state index in [0.717, 1.165) is 106 Å². The summed E-state index contributed by atoms with van der Waals surface area (Å²) in [5.74, 6) is 1.36. The normalized spacial score (nSPS) is 22.6. The van der Waals surface area contributed by atoms with Crippen LogP contribution in [0.15, 0.2) is 48.7 Å². The Labute approximate surface area is 391 Å². The number of carbonyl (C=O) groups excluding carboxylic acids is 4. The first-order valence-corrected chi connectivity index (χ1v) is 23.9. The molecule has 5 aromatic rings. The number of rotatable bonds is 11. The van der Waals surface area contributed by atoms with Crippen molar-refractivity contribution in [1.29, 1.82) is 0 Å². The summed E-state index contributed by atoms with van der Waals surface area (Å²) in [7, 11) is 2.63. The number of carbonyl (C=O) groups is 4. The average Bonchev–Trinajstić information content (AvgIpc) is 4.15. The Hall–Kier alpha value is -6.16. The van der Waals surface area contributed by atoms with Crippen molar-refractivity contribution in [3.63, 3.8) is 0 Å². The van der Waals surface area contributed by atoms with E-state index in [0.29, 0.717) is 25.6 Å². The zero-order valence-electron chi connectivity index (χ0n) is 39.9. The molecule has 4 amide bonds. The maximum Gasteiger partial charge on any atom is 0.407 e. The highest BCUT2D eigenvalue weighted by Gasteiger charge is 2.49. The second-order valence-corrected chi connectivity index (χ2v) is 19.7. The van der Waals surface area contributed by atoms with E-state index in [1.54, 1.807) is 0 Å². The number of amides is 4. The molecule has 7 atom stereocenters. The van der Waals surface area contributed by atoms with Crippen molar-refractivity contribution in [2.45, 2.75) is 129 Å². The molecule has 4 aliphatic heterocycles. The van der Waals surface area contributed by atoms with Gasteiger partial charge in [0.25, 0.3) is 0 Å². The van der Waals surface area contributed by atoms with E-state index < -0.39 is 29.7 Å². The molecule has 356 valence electrons. The minimum absolute atomic E-state index is 0.00189. The molecule has 0 aliphatic carbocycles. The van der Waals surface area contributed by atoms with E-state index in [2.05, 4.69) is 70.0 Å². The molecule has 0 radical (unpaired) electrons. The highest BCUT2D eigenvalue weighted by atomic mass is 16.5. The number of alkyl carbamates (subject to hydrolysis) is 2. The quantitative estimate of drug-likeness (QED) is 0.0996. The van der Waals surface area contributed by atoms with Gasteiger partial charge in [-0.1, -0.05) is 39.0 Å². The van der Waals surface area contributed by atoms with Gasteiger partial charge in [-0.25, -0.2) is 19.6 Å². The molecule has 9 rings (SSSR count). The molecule has 6 heterocycles. The number of hydrogen-bond donors (Lipinski definition) is 4. The number of aromatic amines is 2. The van der Waals surface area contributed by atoms with Crippen LogP contribution >= 0.6 is 0 Å². The van der Waals surface area contributed by atoms with Crippen molar-refractivity contribution in [2.24, 2.45) is 17.8 Å². The lowest BCUT2D eigenvalue weighted by Crippen LogP contribution is -2.59. The average molecular weight is 917 g/mol. The molecule has 67 heavy (non-hydrogen) atoms. The Morgan fingerprint density at radius 3 is 2.40 bits per heavy atom. The monoisotopic (exact) mass is 916 g/mol. The van der Waals surface area contributed by atoms with Gasteiger partial charge in [0, 0.05) is 35.2 Å². The molecule has 16 heteroatoms. The van der Waals surface area contributed by atoms with Gasteiger partial charge in [-0.3, -0.25) is 9.59 Å². The van der Waals surface area contributed by atoms with E-state index in [4.69, 9.17) is 28.9 Å². The molecular formula is C51H64N8O8. The van der Waals surface area contributed by atoms with Crippen LogP contribution in [0.1, 0.15) is 116 Å². The minimum atomic E-state index is -0.892. The predicted octanol–water partition coefficient (Wildman–Crippen LogP) is 8.72. The Morgan fingerprint density at radius 1 is 0.896 bits per heavy atom. The van der Waals surface area contributed by atoms with Crippen LogP contribution in [0, 0.1) is 17.8 Å². The van der Waals surface area contributed by atoms with Crippen molar-refractivity contribution in [1.82, 2.24) is 40.4 Å². The number of imidazole rings is 2. The smallest absolute Gasteiger partial charge is 0.407 e. The zero-order chi connectivity index (χ0) is 47.3. The van der Waals surface area contributed by atoms with Crippen LogP contribution in [-0.2, 0) is 30.4 Å². The first-order valence-electron chi connectivity index (χ1n) is 23.9. The second-order valence-electron chi connectivity index (χ2n) is 19.7. The van der Waals surface area contributed by atoms with E-state index >= 15 is 4.79 Å². The largest absolute Gasteiger partial charge is 0.488 e. The highest BCUT2D eigenvalue weighted by Crippen LogP contribution is 2.45. The topological polar surface area (TPSA) is 193 Å². The number of nitrogens with one attached hydrogen (secondary N) is 4. The summed E-state index contributed by atoms with van der Waals surface area (Å²) < 4.78 is 22.2. The number of benzene rings is 3. The fourth-order valence-electron chi connectivity index (χ4n) is 11.3. The van der Waals surface area contributed by atoms with Crippen molar-refractivity contribution < 1.29 is 38.1 Å². The highest BCUT2D eigenvalue weighted by molar-refractivity contribution is 6.07. The van der Waals surface area contributed by atoms with Crippen LogP contribution in [0.2, 0.25) is 0 Å². The number of H-pyrrole nitrogens is 2. The van der Waals surface area contributed by atoms with Crippen LogP contribution in [0.25, 0.3) is 44.2 Å². The summed E-state index contributed by atoms with van der Waals surface area (Å²) in [4.78, 5) is 74.8. The molecule has 16 nitrogen and oxygen atoms in total. The molecule has 0 saturated carbocycles. The molecule has 4 aliphatic rings. The van der Waals surface area contributed by atoms with Crippen LogP contribution in [0.3, 0.4) is 0 Å². The molecular weight excluding hydrogens is 853 g/mol. The summed E-state index contributed by atoms with van der Waals surface area (Å²) >= 11 is 0. The van der Waals surface area contributed by atoms with E-state index in [1.807, 2.05) is 50.6 Å². The molecule has 3 aromatic carbocycles. The number of likely N-dealkylation sites (tertiary alicyclic amines) is 2. The van der Waals surface area contributed by atoms with Crippen molar-refractivity contribution in [3.05, 3.63) is 65.9 Å². The van der Waals surface area contributed by atoms with Gasteiger partial charge in [-0.05, 0) is 124 Å². The van der Waals surface area contributed by atoms with Gasteiger partial charge in [0.2, 0.25) is 11.8 Å². The van der Waals surface area contributed by atoms with Gasteiger partial charge < -0.3 is 49.3 Å². The molecule has 3 saturated heterocycles. The molecule has 0 bridgehead atoms. The van der Waals surface area contributed by atoms with Crippen LogP contribution < -0.4 is 15.4 Å². The van der Waals surface area contributed by atoms with Crippen LogP contribution in [0.5, 0.6) is 5.75 Å². The first kappa shape index (κ1) is 46.0. The van der Waals surface area contributed by atoms with Crippen molar-refractivity contribution in [2.75, 3.05) is 27.4 Å². The molecule has 3 fully saturated rings. The number of hydrogen-bond acceptors (Lipinski definition) is 10. The predicted molar refractivity (Wildman–Crippen MR) is 253 cm³/mol. The van der Waals surface area contributed by atoms with E-state index in [9.17, 15) is 14.4 Å². The lowest BCUT2D eigenvalue weighted by molar-refractivity contribution is -0.146. The Bertz CT molecular complexity index is 2690. The number of aromatic nitrogens is 4. The standard InChI is InChI=1S/C51H64N8O8/c1-9-33-15-19-40(59(33)47(60)42(31-11-10-20-66-25-31)51(5,6)57-50(63)65-8)46-53-37-17-14-29-22-36-34-16-13-30(21-32(34)26-67-41(36)23-35(29)44(37)55-46)38-24-52-45(54-38)39-18-12-28(4)58(39)48(61)43(27(2)3)56-49(62)64-7/h13-14,16-17,21-24,27-28,31,33,39-40,42-43H,9-12,15,18-20,25-26H2,1-8H3,(H,52,54)(H,53,55)(H,56,62)(H,57,63)/t28-,31-,33-,39-,40-,42-,43-/m0/s1. The Kier molecular flexibility index (Phi) is 12.7. The second kappa shape index (κ2) is 18.5. The van der Waals surface area contributed by atoms with E-state index in [-0.39, 0.29) is 47.8 Å². The van der Waals surface area contributed by atoms with E-state index in [1.165, 1.54) is 14.2 Å². The van der Waals surface area contributed by atoms with Gasteiger partial charge in [0.05, 0.1) is 61.8 Å². The maximum absolute atomic E-state index is 15.1. The zero-order valence-corrected chi connectivity index (χ0v) is 39.9. The summed E-state index contributed by atoms with van der Waals surface area (Å²) in [6.45, 7) is 13.3. The van der Waals surface area contributed by atoms with Crippen LogP contribution in [-0.4, -0.2) is 105 Å². The summed E-state index contributed by atoms with van der Waals surface area (Å²) in [6.07, 6.45) is 6.31. The van der Waals surface area contributed by atoms with Crippen molar-refractivity contribution in [3.8, 4) is 28.1 Å². The van der Waals surface area contributed by atoms with Crippen LogP contribution in [0.4, 0.5) is 9.59 Å². The lowest BCUT2D eigenvalue weighted by atomic mass is 9.74. The molecule has 2 aromatic heterocycles. The van der Waals surface area contributed by atoms with Gasteiger partial charge in [0.1, 0.15) is 30.0 Å². The number of methoxy groups -OCH3 is 2. The molecule has 0 spiro atoms. The van der Waals surface area contributed by atoms with Gasteiger partial charge in [0.15, 0.2) is 0 Å². The number of ether oxygens (including phenoxy) is 4. The number of fused-ring (bicyclic) bond motifs is 6. The fourth-order valence-corrected chi connectivity index (χ4v) is 11.3. The minimum Gasteiger partial charge on any atom is -0.488 e. The third-order valence-corrected chi connectivity index (χ3v) is 14.8. The Balaban J connectivity index is 0.979. The maximum atomic E-state index is 15.1. The van der Waals surface area contributed by atoms with Gasteiger partial charge in [-0.2, -0.15) is 0 Å². The number of nitrogens with zero attached hydrogens (tertiary/aromatic N) is 4. The van der Waals surface area contributed by atoms with Gasteiger partial charge >= 0.3 is 12.2 Å². The SMILES string of the molecule is CC[C@H]1CC[C@@H](c2nc3c(ccc4cc5c(cc43)OCc3cc(-c4cnc([C@@H]6CC[C@H](C)N6C(=O)[C@@H](NC(=O)OC)C(C)C)[nH]4)ccc3-5)[nH]2)N1C(=O)[C@H]([C@H]1CCCOC1)C(C)(C)NC(=O)OC. The Morgan fingerprint density at radius 2 is 1.67 bits per heavy atom.